The molecular formula is C15H20BrIO. The number of benzene rings is 1. The molecule has 1 aromatic rings. The summed E-state index contributed by atoms with van der Waals surface area (Å²) in [5.74, 6) is 1.94. The molecule has 1 nitrogen and oxygen atoms in total. The Morgan fingerprint density at radius 2 is 2.00 bits per heavy atom. The summed E-state index contributed by atoms with van der Waals surface area (Å²) < 4.78 is 2.21. The molecule has 1 aliphatic carbocycles. The van der Waals surface area contributed by atoms with Crippen LogP contribution in [-0.4, -0.2) is 5.11 Å². The summed E-state index contributed by atoms with van der Waals surface area (Å²) in [4.78, 5) is 0. The second-order valence-corrected chi connectivity index (χ2v) is 7.72. The van der Waals surface area contributed by atoms with Crippen LogP contribution in [-0.2, 0) is 0 Å². The van der Waals surface area contributed by atoms with Crippen LogP contribution in [0.25, 0.3) is 0 Å². The highest BCUT2D eigenvalue weighted by Gasteiger charge is 2.30. The van der Waals surface area contributed by atoms with Gasteiger partial charge in [-0.1, -0.05) is 36.2 Å². The lowest BCUT2D eigenvalue weighted by Gasteiger charge is -2.35. The third kappa shape index (κ3) is 3.28. The third-order valence-electron chi connectivity index (χ3n) is 4.36. The van der Waals surface area contributed by atoms with Crippen molar-refractivity contribution in [3.05, 3.63) is 31.8 Å². The Morgan fingerprint density at radius 3 is 2.67 bits per heavy atom. The second-order valence-electron chi connectivity index (χ2n) is 5.64. The van der Waals surface area contributed by atoms with Crippen LogP contribution < -0.4 is 0 Å². The highest BCUT2D eigenvalue weighted by Crippen LogP contribution is 2.41. The van der Waals surface area contributed by atoms with E-state index in [1.165, 1.54) is 6.42 Å². The highest BCUT2D eigenvalue weighted by atomic mass is 127. The first-order valence-corrected chi connectivity index (χ1v) is 8.49. The number of rotatable bonds is 2. The molecule has 0 radical (unpaired) electrons. The number of aliphatic hydroxyl groups excluding tert-OH is 1. The fourth-order valence-corrected chi connectivity index (χ4v) is 3.90. The van der Waals surface area contributed by atoms with E-state index in [1.54, 1.807) is 0 Å². The molecular weight excluding hydrogens is 403 g/mol. The van der Waals surface area contributed by atoms with E-state index in [4.69, 9.17) is 0 Å². The van der Waals surface area contributed by atoms with Crippen molar-refractivity contribution in [2.24, 2.45) is 17.8 Å². The van der Waals surface area contributed by atoms with Crippen LogP contribution >= 0.6 is 38.5 Å². The van der Waals surface area contributed by atoms with Gasteiger partial charge < -0.3 is 5.11 Å². The Bertz CT molecular complexity index is 421. The Kier molecular flexibility index (Phi) is 5.12. The van der Waals surface area contributed by atoms with Crippen LogP contribution in [0.3, 0.4) is 0 Å². The van der Waals surface area contributed by atoms with Gasteiger partial charge in [-0.05, 0) is 76.9 Å². The van der Waals surface area contributed by atoms with Gasteiger partial charge in [0, 0.05) is 8.04 Å². The minimum absolute atomic E-state index is 0.315. The van der Waals surface area contributed by atoms with Crippen LogP contribution in [0.2, 0.25) is 0 Å². The molecule has 0 spiro atoms. The van der Waals surface area contributed by atoms with Gasteiger partial charge in [0.25, 0.3) is 0 Å². The molecule has 1 fully saturated rings. The first-order chi connectivity index (χ1) is 8.49. The smallest absolute Gasteiger partial charge is 0.0828 e. The molecule has 1 N–H and O–H groups in total. The molecule has 1 saturated carbocycles. The van der Waals surface area contributed by atoms with Gasteiger partial charge in [0.2, 0.25) is 0 Å². The van der Waals surface area contributed by atoms with Crippen molar-refractivity contribution in [1.29, 1.82) is 0 Å². The quantitative estimate of drug-likeness (QED) is 0.652. The molecule has 0 aliphatic heterocycles. The molecule has 3 heteroatoms. The van der Waals surface area contributed by atoms with Crippen LogP contribution in [0.15, 0.2) is 22.7 Å². The zero-order valence-corrected chi connectivity index (χ0v) is 14.6. The fraction of sp³-hybridized carbons (Fsp3) is 0.600. The average molecular weight is 423 g/mol. The lowest BCUT2D eigenvalue weighted by atomic mass is 9.73. The molecule has 0 heterocycles. The molecule has 2 rings (SSSR count). The Labute approximate surface area is 132 Å². The van der Waals surface area contributed by atoms with E-state index in [1.807, 2.05) is 6.07 Å². The van der Waals surface area contributed by atoms with E-state index in [0.29, 0.717) is 5.92 Å². The maximum atomic E-state index is 10.6. The first-order valence-electron chi connectivity index (χ1n) is 6.62. The summed E-state index contributed by atoms with van der Waals surface area (Å²) in [5, 5.41) is 10.6. The van der Waals surface area contributed by atoms with Gasteiger partial charge in [0.1, 0.15) is 0 Å². The largest absolute Gasteiger partial charge is 0.388 e. The van der Waals surface area contributed by atoms with Crippen LogP contribution in [0, 0.1) is 21.3 Å². The predicted octanol–water partition coefficient (Wildman–Crippen LogP) is 5.16. The molecule has 18 heavy (non-hydrogen) atoms. The van der Waals surface area contributed by atoms with E-state index in [0.717, 1.165) is 38.3 Å². The Hall–Kier alpha value is 0.390. The van der Waals surface area contributed by atoms with Crippen molar-refractivity contribution >= 4 is 38.5 Å². The molecule has 0 saturated heterocycles. The zero-order valence-electron chi connectivity index (χ0n) is 10.9. The van der Waals surface area contributed by atoms with Crippen molar-refractivity contribution in [3.63, 3.8) is 0 Å². The summed E-state index contributed by atoms with van der Waals surface area (Å²) >= 11 is 5.81. The summed E-state index contributed by atoms with van der Waals surface area (Å²) in [5.41, 5.74) is 1.08. The maximum Gasteiger partial charge on any atom is 0.0828 e. The van der Waals surface area contributed by atoms with Crippen molar-refractivity contribution in [1.82, 2.24) is 0 Å². The maximum absolute atomic E-state index is 10.6. The minimum atomic E-state index is -0.315. The van der Waals surface area contributed by atoms with Crippen LogP contribution in [0.4, 0.5) is 0 Å². The SMILES string of the molecule is CC1CCC(C(O)c2cc(Br)ccc2I)CC1C. The lowest BCUT2D eigenvalue weighted by molar-refractivity contribution is 0.0555. The van der Waals surface area contributed by atoms with E-state index in [9.17, 15) is 5.11 Å². The number of aliphatic hydroxyl groups is 1. The normalized spacial score (nSPS) is 30.2. The fourth-order valence-electron chi connectivity index (χ4n) is 2.87. The summed E-state index contributed by atoms with van der Waals surface area (Å²) in [6.45, 7) is 4.64. The Balaban J connectivity index is 2.16. The van der Waals surface area contributed by atoms with Gasteiger partial charge in [-0.3, -0.25) is 0 Å². The van der Waals surface area contributed by atoms with Gasteiger partial charge in [-0.2, -0.15) is 0 Å². The monoisotopic (exact) mass is 422 g/mol. The summed E-state index contributed by atoms with van der Waals surface area (Å²) in [7, 11) is 0. The summed E-state index contributed by atoms with van der Waals surface area (Å²) in [6, 6.07) is 6.16. The first kappa shape index (κ1) is 14.8. The van der Waals surface area contributed by atoms with E-state index < -0.39 is 0 Å². The van der Waals surface area contributed by atoms with E-state index in [2.05, 4.69) is 64.5 Å². The van der Waals surface area contributed by atoms with Crippen molar-refractivity contribution in [2.75, 3.05) is 0 Å². The lowest BCUT2D eigenvalue weighted by Crippen LogP contribution is -2.25. The van der Waals surface area contributed by atoms with Gasteiger partial charge >= 0.3 is 0 Å². The molecule has 4 atom stereocenters. The van der Waals surface area contributed by atoms with Crippen molar-refractivity contribution < 1.29 is 5.11 Å². The highest BCUT2D eigenvalue weighted by molar-refractivity contribution is 14.1. The molecule has 4 unspecified atom stereocenters. The number of halogens is 2. The molecule has 0 bridgehead atoms. The van der Waals surface area contributed by atoms with E-state index in [-0.39, 0.29) is 6.10 Å². The predicted molar refractivity (Wildman–Crippen MR) is 87.5 cm³/mol. The molecule has 0 amide bonds. The van der Waals surface area contributed by atoms with Crippen LogP contribution in [0.1, 0.15) is 44.8 Å². The number of hydrogen-bond donors (Lipinski definition) is 1. The van der Waals surface area contributed by atoms with E-state index >= 15 is 0 Å². The zero-order chi connectivity index (χ0) is 13.3. The van der Waals surface area contributed by atoms with Gasteiger partial charge in [0.05, 0.1) is 6.10 Å². The third-order valence-corrected chi connectivity index (χ3v) is 5.84. The molecule has 1 aliphatic rings. The average Bonchev–Trinajstić information content (AvgIpc) is 2.35. The van der Waals surface area contributed by atoms with Crippen molar-refractivity contribution in [2.45, 2.75) is 39.2 Å². The molecule has 1 aromatic carbocycles. The van der Waals surface area contributed by atoms with Gasteiger partial charge in [0.15, 0.2) is 0 Å². The standard InChI is InChI=1S/C15H20BrIO/c1-9-3-4-11(7-10(9)2)15(18)13-8-12(16)5-6-14(13)17/h5-6,8-11,15,18H,3-4,7H2,1-2H3. The minimum Gasteiger partial charge on any atom is -0.388 e. The van der Waals surface area contributed by atoms with Gasteiger partial charge in [-0.25, -0.2) is 0 Å². The number of hydrogen-bond acceptors (Lipinski definition) is 1. The van der Waals surface area contributed by atoms with Gasteiger partial charge in [-0.15, -0.1) is 0 Å². The molecule has 0 aromatic heterocycles. The van der Waals surface area contributed by atoms with Crippen molar-refractivity contribution in [3.8, 4) is 0 Å². The second kappa shape index (κ2) is 6.23. The molecule has 100 valence electrons. The van der Waals surface area contributed by atoms with Crippen LogP contribution in [0.5, 0.6) is 0 Å². The summed E-state index contributed by atoms with van der Waals surface area (Å²) in [6.07, 6.45) is 3.22. The topological polar surface area (TPSA) is 20.2 Å². The Morgan fingerprint density at radius 1 is 1.28 bits per heavy atom.